The Balaban J connectivity index is 2.38. The van der Waals surface area contributed by atoms with Gasteiger partial charge in [-0.2, -0.15) is 0 Å². The summed E-state index contributed by atoms with van der Waals surface area (Å²) in [4.78, 5) is 12.1. The second-order valence-corrected chi connectivity index (χ2v) is 5.23. The minimum atomic E-state index is -0.878. The first kappa shape index (κ1) is 14.9. The first-order valence-electron chi connectivity index (χ1n) is 5.82. The van der Waals surface area contributed by atoms with Crippen LogP contribution in [0.4, 0.5) is 8.78 Å². The highest BCUT2D eigenvalue weighted by molar-refractivity contribution is 6.33. The average molecular weight is 315 g/mol. The lowest BCUT2D eigenvalue weighted by Crippen LogP contribution is -2.10. The predicted molar refractivity (Wildman–Crippen MR) is 75.6 cm³/mol. The largest absolute Gasteiger partial charge is 0.294 e. The van der Waals surface area contributed by atoms with Gasteiger partial charge < -0.3 is 0 Å². The van der Waals surface area contributed by atoms with Crippen molar-refractivity contribution in [2.45, 2.75) is 13.3 Å². The highest BCUT2D eigenvalue weighted by atomic mass is 35.5. The van der Waals surface area contributed by atoms with Gasteiger partial charge in [0.15, 0.2) is 5.78 Å². The van der Waals surface area contributed by atoms with Crippen LogP contribution < -0.4 is 0 Å². The van der Waals surface area contributed by atoms with Crippen LogP contribution in [0.15, 0.2) is 30.3 Å². The molecule has 1 nitrogen and oxygen atoms in total. The maximum atomic E-state index is 13.9. The predicted octanol–water partition coefficient (Wildman–Crippen LogP) is 5.01. The number of hydrogen-bond donors (Lipinski definition) is 0. The molecule has 0 fully saturated rings. The highest BCUT2D eigenvalue weighted by Crippen LogP contribution is 2.24. The molecule has 5 heteroatoms. The zero-order valence-corrected chi connectivity index (χ0v) is 12.0. The maximum Gasteiger partial charge on any atom is 0.173 e. The Labute approximate surface area is 125 Å². The lowest BCUT2D eigenvalue weighted by Gasteiger charge is -2.08. The molecule has 2 aromatic carbocycles. The molecule has 0 radical (unpaired) electrons. The second-order valence-electron chi connectivity index (χ2n) is 4.39. The Morgan fingerprint density at radius 3 is 2.55 bits per heavy atom. The lowest BCUT2D eigenvalue weighted by atomic mass is 10.00. The fourth-order valence-electron chi connectivity index (χ4n) is 1.85. The van der Waals surface area contributed by atoms with Crippen LogP contribution in [0.5, 0.6) is 0 Å². The van der Waals surface area contributed by atoms with Gasteiger partial charge in [-0.3, -0.25) is 4.79 Å². The van der Waals surface area contributed by atoms with E-state index < -0.39 is 23.0 Å². The second kappa shape index (κ2) is 5.90. The van der Waals surface area contributed by atoms with Gasteiger partial charge in [-0.1, -0.05) is 29.3 Å². The molecule has 104 valence electrons. The summed E-state index contributed by atoms with van der Waals surface area (Å²) >= 11 is 11.8. The summed E-state index contributed by atoms with van der Waals surface area (Å²) in [5.74, 6) is -2.39. The van der Waals surface area contributed by atoms with Gasteiger partial charge in [-0.05, 0) is 42.3 Å². The topological polar surface area (TPSA) is 17.1 Å². The van der Waals surface area contributed by atoms with E-state index >= 15 is 0 Å². The van der Waals surface area contributed by atoms with Gasteiger partial charge in [0.05, 0.1) is 5.56 Å². The van der Waals surface area contributed by atoms with Gasteiger partial charge in [0, 0.05) is 16.5 Å². The molecule has 20 heavy (non-hydrogen) atoms. The summed E-state index contributed by atoms with van der Waals surface area (Å²) < 4.78 is 27.5. The third-order valence-corrected chi connectivity index (χ3v) is 3.53. The first-order chi connectivity index (χ1) is 9.40. The van der Waals surface area contributed by atoms with E-state index in [1.165, 1.54) is 25.1 Å². The number of halogens is 4. The van der Waals surface area contributed by atoms with E-state index in [2.05, 4.69) is 0 Å². The van der Waals surface area contributed by atoms with E-state index in [9.17, 15) is 13.6 Å². The van der Waals surface area contributed by atoms with Gasteiger partial charge in [0.2, 0.25) is 0 Å². The third-order valence-electron chi connectivity index (χ3n) is 2.92. The van der Waals surface area contributed by atoms with E-state index in [1.54, 1.807) is 6.07 Å². The monoisotopic (exact) mass is 314 g/mol. The van der Waals surface area contributed by atoms with Crippen molar-refractivity contribution in [1.82, 2.24) is 0 Å². The molecule has 0 unspecified atom stereocenters. The minimum Gasteiger partial charge on any atom is -0.294 e. The van der Waals surface area contributed by atoms with Gasteiger partial charge >= 0.3 is 0 Å². The molecule has 0 heterocycles. The summed E-state index contributed by atoms with van der Waals surface area (Å²) in [5, 5.41) is 0.735. The standard InChI is InChI=1S/C15H10Cl2F2O/c1-8-2-5-12(18)14(15(8)19)13(20)7-9-6-10(16)3-4-11(9)17/h2-6H,7H2,1H3. The SMILES string of the molecule is Cc1ccc(F)c(C(=O)Cc2cc(Cl)ccc2Cl)c1F. The normalized spacial score (nSPS) is 10.7. The van der Waals surface area contributed by atoms with Crippen molar-refractivity contribution in [3.05, 3.63) is 68.7 Å². The molecule has 0 spiro atoms. The number of aryl methyl sites for hydroxylation is 1. The molecule has 0 saturated carbocycles. The fourth-order valence-corrected chi connectivity index (χ4v) is 2.23. The summed E-state index contributed by atoms with van der Waals surface area (Å²) in [6.07, 6.45) is -0.212. The Kier molecular flexibility index (Phi) is 4.41. The Hall–Kier alpha value is -1.45. The number of carbonyl (C=O) groups is 1. The summed E-state index contributed by atoms with van der Waals surface area (Å²) in [5.41, 5.74) is 0.109. The van der Waals surface area contributed by atoms with Crippen LogP contribution in [0.1, 0.15) is 21.5 Å². The molecule has 0 aliphatic carbocycles. The Morgan fingerprint density at radius 1 is 1.15 bits per heavy atom. The van der Waals surface area contributed by atoms with Crippen molar-refractivity contribution in [3.63, 3.8) is 0 Å². The van der Waals surface area contributed by atoms with Crippen molar-refractivity contribution in [2.75, 3.05) is 0 Å². The maximum absolute atomic E-state index is 13.9. The molecule has 2 aromatic rings. The molecule has 0 N–H and O–H groups in total. The summed E-state index contributed by atoms with van der Waals surface area (Å²) in [6, 6.07) is 6.98. The third kappa shape index (κ3) is 3.00. The molecule has 0 atom stereocenters. The minimum absolute atomic E-state index is 0.212. The van der Waals surface area contributed by atoms with Crippen molar-refractivity contribution in [2.24, 2.45) is 0 Å². The van der Waals surface area contributed by atoms with E-state index in [1.807, 2.05) is 0 Å². The van der Waals surface area contributed by atoms with Crippen molar-refractivity contribution in [1.29, 1.82) is 0 Å². The smallest absolute Gasteiger partial charge is 0.173 e. The van der Waals surface area contributed by atoms with Crippen LogP contribution in [-0.4, -0.2) is 5.78 Å². The van der Waals surface area contributed by atoms with E-state index in [0.29, 0.717) is 15.6 Å². The summed E-state index contributed by atoms with van der Waals surface area (Å²) in [7, 11) is 0. The van der Waals surface area contributed by atoms with E-state index in [0.717, 1.165) is 6.07 Å². The number of benzene rings is 2. The van der Waals surface area contributed by atoms with Crippen LogP contribution in [0.2, 0.25) is 10.0 Å². The number of rotatable bonds is 3. The van der Waals surface area contributed by atoms with Crippen LogP contribution in [0, 0.1) is 18.6 Å². The van der Waals surface area contributed by atoms with Crippen molar-refractivity contribution < 1.29 is 13.6 Å². The van der Waals surface area contributed by atoms with Crippen LogP contribution in [0.3, 0.4) is 0 Å². The van der Waals surface area contributed by atoms with Gasteiger partial charge in [0.25, 0.3) is 0 Å². The molecule has 0 bridgehead atoms. The van der Waals surface area contributed by atoms with Gasteiger partial charge in [-0.25, -0.2) is 8.78 Å². The molecular formula is C15H10Cl2F2O. The quantitative estimate of drug-likeness (QED) is 0.728. The number of carbonyl (C=O) groups excluding carboxylic acids is 1. The van der Waals surface area contributed by atoms with Gasteiger partial charge in [0.1, 0.15) is 11.6 Å². The highest BCUT2D eigenvalue weighted by Gasteiger charge is 2.20. The van der Waals surface area contributed by atoms with Crippen LogP contribution >= 0.6 is 23.2 Å². The Morgan fingerprint density at radius 2 is 1.85 bits per heavy atom. The first-order valence-corrected chi connectivity index (χ1v) is 6.57. The van der Waals surface area contributed by atoms with Crippen LogP contribution in [0.25, 0.3) is 0 Å². The zero-order chi connectivity index (χ0) is 14.9. The lowest BCUT2D eigenvalue weighted by molar-refractivity contribution is 0.0984. The number of hydrogen-bond acceptors (Lipinski definition) is 1. The molecular weight excluding hydrogens is 305 g/mol. The zero-order valence-electron chi connectivity index (χ0n) is 10.5. The van der Waals surface area contributed by atoms with Gasteiger partial charge in [-0.15, -0.1) is 0 Å². The number of ketones is 1. The Bertz CT molecular complexity index is 684. The molecule has 0 saturated heterocycles. The molecule has 0 aliphatic heterocycles. The molecule has 0 aliphatic rings. The number of Topliss-reactive ketones (excluding diaryl/α,β-unsaturated/α-hetero) is 1. The summed E-state index contributed by atoms with van der Waals surface area (Å²) in [6.45, 7) is 1.47. The van der Waals surface area contributed by atoms with E-state index in [-0.39, 0.29) is 12.0 Å². The van der Waals surface area contributed by atoms with Crippen molar-refractivity contribution >= 4 is 29.0 Å². The van der Waals surface area contributed by atoms with Crippen LogP contribution in [-0.2, 0) is 6.42 Å². The molecule has 0 aromatic heterocycles. The van der Waals surface area contributed by atoms with E-state index in [4.69, 9.17) is 23.2 Å². The molecule has 2 rings (SSSR count). The molecule has 0 amide bonds. The van der Waals surface area contributed by atoms with Crippen molar-refractivity contribution in [3.8, 4) is 0 Å². The average Bonchev–Trinajstić information content (AvgIpc) is 2.39. The fraction of sp³-hybridized carbons (Fsp3) is 0.133.